The summed E-state index contributed by atoms with van der Waals surface area (Å²) in [7, 11) is 0. The van der Waals surface area contributed by atoms with Gasteiger partial charge in [-0.25, -0.2) is 0 Å². The Labute approximate surface area is 114 Å². The van der Waals surface area contributed by atoms with E-state index in [2.05, 4.69) is 17.1 Å². The van der Waals surface area contributed by atoms with Gasteiger partial charge in [0.15, 0.2) is 0 Å². The van der Waals surface area contributed by atoms with Gasteiger partial charge in [0.2, 0.25) is 0 Å². The Morgan fingerprint density at radius 3 is 3.00 bits per heavy atom. The van der Waals surface area contributed by atoms with Gasteiger partial charge in [0, 0.05) is 6.04 Å². The summed E-state index contributed by atoms with van der Waals surface area (Å²) in [6.07, 6.45) is 5.71. The van der Waals surface area contributed by atoms with Crippen LogP contribution in [0.1, 0.15) is 39.0 Å². The van der Waals surface area contributed by atoms with E-state index in [4.69, 9.17) is 4.74 Å². The van der Waals surface area contributed by atoms with Crippen molar-refractivity contribution in [2.24, 2.45) is 11.8 Å². The fraction of sp³-hybridized carbons (Fsp3) is 0.929. The van der Waals surface area contributed by atoms with Crippen LogP contribution in [-0.4, -0.2) is 36.7 Å². The number of ether oxygens (including phenoxy) is 1. The molecular formula is C14H25NO2S. The number of hydrogen-bond donors (Lipinski definition) is 1. The average molecular weight is 271 g/mol. The Morgan fingerprint density at radius 1 is 1.39 bits per heavy atom. The van der Waals surface area contributed by atoms with Gasteiger partial charge >= 0.3 is 5.97 Å². The van der Waals surface area contributed by atoms with Crippen LogP contribution in [0.25, 0.3) is 0 Å². The van der Waals surface area contributed by atoms with Gasteiger partial charge in [0.05, 0.1) is 12.5 Å². The van der Waals surface area contributed by atoms with Crippen molar-refractivity contribution in [2.45, 2.75) is 45.1 Å². The maximum absolute atomic E-state index is 11.8. The van der Waals surface area contributed by atoms with Gasteiger partial charge in [-0.1, -0.05) is 6.42 Å². The Morgan fingerprint density at radius 2 is 2.28 bits per heavy atom. The molecule has 18 heavy (non-hydrogen) atoms. The van der Waals surface area contributed by atoms with E-state index in [0.717, 1.165) is 31.7 Å². The zero-order valence-electron chi connectivity index (χ0n) is 11.3. The van der Waals surface area contributed by atoms with Crippen LogP contribution in [0.4, 0.5) is 0 Å². The number of hydrogen-bond acceptors (Lipinski definition) is 4. The van der Waals surface area contributed by atoms with Crippen molar-refractivity contribution in [1.82, 2.24) is 5.32 Å². The van der Waals surface area contributed by atoms with Gasteiger partial charge in [-0.05, 0) is 56.6 Å². The van der Waals surface area contributed by atoms with E-state index in [1.54, 1.807) is 0 Å². The minimum absolute atomic E-state index is 0.0143. The molecule has 1 aliphatic heterocycles. The first kappa shape index (κ1) is 14.2. The summed E-state index contributed by atoms with van der Waals surface area (Å²) in [5.41, 5.74) is 0. The number of carbonyl (C=O) groups is 1. The van der Waals surface area contributed by atoms with Crippen molar-refractivity contribution < 1.29 is 9.53 Å². The van der Waals surface area contributed by atoms with Crippen LogP contribution in [0, 0.1) is 11.8 Å². The molecule has 1 aliphatic carbocycles. The Bertz CT molecular complexity index is 267. The Balaban J connectivity index is 1.70. The van der Waals surface area contributed by atoms with Crippen LogP contribution in [0.5, 0.6) is 0 Å². The minimum atomic E-state index is 0.0143. The molecule has 0 radical (unpaired) electrons. The topological polar surface area (TPSA) is 38.3 Å². The number of thioether (sulfide) groups is 1. The van der Waals surface area contributed by atoms with Crippen molar-refractivity contribution in [3.63, 3.8) is 0 Å². The first-order chi connectivity index (χ1) is 8.79. The van der Waals surface area contributed by atoms with Crippen LogP contribution in [0.15, 0.2) is 0 Å². The molecule has 2 aliphatic rings. The van der Waals surface area contributed by atoms with E-state index in [0.29, 0.717) is 12.6 Å². The van der Waals surface area contributed by atoms with E-state index in [1.165, 1.54) is 24.3 Å². The second-order valence-electron chi connectivity index (χ2n) is 5.45. The van der Waals surface area contributed by atoms with Gasteiger partial charge < -0.3 is 10.1 Å². The molecule has 4 heteroatoms. The quantitative estimate of drug-likeness (QED) is 0.780. The highest BCUT2D eigenvalue weighted by Gasteiger charge is 2.28. The van der Waals surface area contributed by atoms with Crippen molar-refractivity contribution in [1.29, 1.82) is 0 Å². The molecular weight excluding hydrogens is 246 g/mol. The molecule has 0 amide bonds. The summed E-state index contributed by atoms with van der Waals surface area (Å²) >= 11 is 2.07. The van der Waals surface area contributed by atoms with Crippen LogP contribution in [0.3, 0.4) is 0 Å². The molecule has 1 N–H and O–H groups in total. The fourth-order valence-electron chi connectivity index (χ4n) is 2.93. The molecule has 0 aromatic heterocycles. The van der Waals surface area contributed by atoms with E-state index < -0.39 is 0 Å². The molecule has 0 aromatic carbocycles. The predicted molar refractivity (Wildman–Crippen MR) is 75.8 cm³/mol. The molecule has 0 aromatic rings. The SMILES string of the molecule is CCOC(=O)C1CCCC(NCC2CCSC2)C1. The lowest BCUT2D eigenvalue weighted by Crippen LogP contribution is -2.39. The van der Waals surface area contributed by atoms with Crippen molar-refractivity contribution in [3.05, 3.63) is 0 Å². The summed E-state index contributed by atoms with van der Waals surface area (Å²) in [5.74, 6) is 3.62. The van der Waals surface area contributed by atoms with Crippen LogP contribution >= 0.6 is 11.8 Å². The highest BCUT2D eigenvalue weighted by atomic mass is 32.2. The van der Waals surface area contributed by atoms with Gasteiger partial charge in [-0.2, -0.15) is 11.8 Å². The smallest absolute Gasteiger partial charge is 0.308 e. The second-order valence-corrected chi connectivity index (χ2v) is 6.60. The zero-order chi connectivity index (χ0) is 12.8. The lowest BCUT2D eigenvalue weighted by molar-refractivity contribution is -0.149. The summed E-state index contributed by atoms with van der Waals surface area (Å²) in [6, 6.07) is 0.527. The van der Waals surface area contributed by atoms with Gasteiger partial charge in [-0.3, -0.25) is 4.79 Å². The highest BCUT2D eigenvalue weighted by Crippen LogP contribution is 2.27. The summed E-state index contributed by atoms with van der Waals surface area (Å²) in [5, 5.41) is 3.67. The fourth-order valence-corrected chi connectivity index (χ4v) is 4.21. The first-order valence-corrected chi connectivity index (χ1v) is 8.42. The number of nitrogens with one attached hydrogen (secondary N) is 1. The molecule has 3 unspecified atom stereocenters. The lowest BCUT2D eigenvalue weighted by Gasteiger charge is -2.29. The van der Waals surface area contributed by atoms with Crippen molar-refractivity contribution in [2.75, 3.05) is 24.7 Å². The monoisotopic (exact) mass is 271 g/mol. The summed E-state index contributed by atoms with van der Waals surface area (Å²) in [6.45, 7) is 3.52. The normalized spacial score (nSPS) is 32.4. The van der Waals surface area contributed by atoms with Crippen LogP contribution < -0.4 is 5.32 Å². The molecule has 2 fully saturated rings. The lowest BCUT2D eigenvalue weighted by atomic mass is 9.85. The van der Waals surface area contributed by atoms with Gasteiger partial charge in [0.1, 0.15) is 0 Å². The molecule has 0 spiro atoms. The molecule has 1 heterocycles. The maximum Gasteiger partial charge on any atom is 0.308 e. The van der Waals surface area contributed by atoms with Gasteiger partial charge in [-0.15, -0.1) is 0 Å². The highest BCUT2D eigenvalue weighted by molar-refractivity contribution is 7.99. The third kappa shape index (κ3) is 4.16. The molecule has 3 nitrogen and oxygen atoms in total. The van der Waals surface area contributed by atoms with E-state index >= 15 is 0 Å². The molecule has 0 bridgehead atoms. The standard InChI is InChI=1S/C14H25NO2S/c1-2-17-14(16)12-4-3-5-13(8-12)15-9-11-6-7-18-10-11/h11-13,15H,2-10H2,1H3. The van der Waals surface area contributed by atoms with Crippen molar-refractivity contribution >= 4 is 17.7 Å². The van der Waals surface area contributed by atoms with E-state index in [9.17, 15) is 4.79 Å². The van der Waals surface area contributed by atoms with Crippen LogP contribution in [0.2, 0.25) is 0 Å². The predicted octanol–water partition coefficient (Wildman–Crippen LogP) is 2.45. The minimum Gasteiger partial charge on any atom is -0.466 e. The Kier molecular flexibility index (Phi) is 5.83. The molecule has 104 valence electrons. The molecule has 3 atom stereocenters. The van der Waals surface area contributed by atoms with Gasteiger partial charge in [0.25, 0.3) is 0 Å². The van der Waals surface area contributed by atoms with Crippen LogP contribution in [-0.2, 0) is 9.53 Å². The second kappa shape index (κ2) is 7.39. The molecule has 1 saturated carbocycles. The first-order valence-electron chi connectivity index (χ1n) is 7.27. The van der Waals surface area contributed by atoms with E-state index in [1.807, 2.05) is 6.92 Å². The Hall–Kier alpha value is -0.220. The summed E-state index contributed by atoms with van der Waals surface area (Å²) < 4.78 is 5.14. The number of rotatable bonds is 5. The summed E-state index contributed by atoms with van der Waals surface area (Å²) in [4.78, 5) is 11.8. The van der Waals surface area contributed by atoms with Crippen molar-refractivity contribution in [3.8, 4) is 0 Å². The largest absolute Gasteiger partial charge is 0.466 e. The molecule has 1 saturated heterocycles. The third-order valence-corrected chi connectivity index (χ3v) is 5.24. The average Bonchev–Trinajstić information content (AvgIpc) is 2.90. The third-order valence-electron chi connectivity index (χ3n) is 4.01. The number of carbonyl (C=O) groups excluding carboxylic acids is 1. The van der Waals surface area contributed by atoms with E-state index in [-0.39, 0.29) is 11.9 Å². The number of esters is 1. The maximum atomic E-state index is 11.8. The zero-order valence-corrected chi connectivity index (χ0v) is 12.1. The molecule has 2 rings (SSSR count).